The lowest BCUT2D eigenvalue weighted by molar-refractivity contribution is 0.0689. The molecule has 5 nitrogen and oxygen atoms in total. The van der Waals surface area contributed by atoms with Crippen LogP contribution in [0, 0.1) is 5.92 Å². The summed E-state index contributed by atoms with van der Waals surface area (Å²) in [4.78, 5) is 10.5. The van der Waals surface area contributed by atoms with E-state index in [0.717, 1.165) is 12.5 Å². The second-order valence-corrected chi connectivity index (χ2v) is 3.60. The number of aryl methyl sites for hydroxylation is 1. The lowest BCUT2D eigenvalue weighted by Gasteiger charge is -2.04. The zero-order valence-electron chi connectivity index (χ0n) is 8.27. The minimum absolute atomic E-state index is 0.0944. The number of aromatic nitrogens is 2. The first-order chi connectivity index (χ1) is 6.50. The average Bonchev–Trinajstić information content (AvgIpc) is 2.43. The number of carboxylic acids is 1. The highest BCUT2D eigenvalue weighted by atomic mass is 16.4. The van der Waals surface area contributed by atoms with Gasteiger partial charge in [0.2, 0.25) is 5.88 Å². The molecule has 78 valence electrons. The summed E-state index contributed by atoms with van der Waals surface area (Å²) in [6, 6.07) is 1.16. The molecular formula is C9H14N2O3. The van der Waals surface area contributed by atoms with Crippen molar-refractivity contribution in [1.82, 2.24) is 9.78 Å². The van der Waals surface area contributed by atoms with E-state index in [1.54, 1.807) is 0 Å². The zero-order valence-corrected chi connectivity index (χ0v) is 8.27. The first-order valence-electron chi connectivity index (χ1n) is 4.51. The van der Waals surface area contributed by atoms with Crippen molar-refractivity contribution in [3.8, 4) is 5.88 Å². The molecule has 1 heterocycles. The molecule has 14 heavy (non-hydrogen) atoms. The molecular weight excluding hydrogens is 184 g/mol. The fourth-order valence-electron chi connectivity index (χ4n) is 1.06. The molecule has 0 aliphatic heterocycles. The fraction of sp³-hybridized carbons (Fsp3) is 0.556. The number of hydrogen-bond acceptors (Lipinski definition) is 3. The van der Waals surface area contributed by atoms with Crippen molar-refractivity contribution in [3.63, 3.8) is 0 Å². The van der Waals surface area contributed by atoms with Crippen LogP contribution in [0.1, 0.15) is 30.8 Å². The molecule has 0 unspecified atom stereocenters. The number of carboxylic acid groups (broad SMARTS) is 1. The summed E-state index contributed by atoms with van der Waals surface area (Å²) in [5.41, 5.74) is -0.119. The zero-order chi connectivity index (χ0) is 10.7. The van der Waals surface area contributed by atoms with Crippen LogP contribution in [0.4, 0.5) is 0 Å². The van der Waals surface area contributed by atoms with Crippen LogP contribution >= 0.6 is 0 Å². The molecule has 0 atom stereocenters. The van der Waals surface area contributed by atoms with E-state index in [9.17, 15) is 9.90 Å². The van der Waals surface area contributed by atoms with E-state index in [0.29, 0.717) is 12.5 Å². The van der Waals surface area contributed by atoms with Crippen molar-refractivity contribution < 1.29 is 15.0 Å². The Labute approximate surface area is 82.0 Å². The van der Waals surface area contributed by atoms with Crippen molar-refractivity contribution in [2.24, 2.45) is 5.92 Å². The van der Waals surface area contributed by atoms with Crippen LogP contribution in [0.5, 0.6) is 5.88 Å². The number of hydrogen-bond donors (Lipinski definition) is 2. The molecule has 0 amide bonds. The fourth-order valence-corrected chi connectivity index (χ4v) is 1.06. The monoisotopic (exact) mass is 198 g/mol. The lowest BCUT2D eigenvalue weighted by atomic mass is 10.1. The molecule has 5 heteroatoms. The molecule has 0 aromatic carbocycles. The van der Waals surface area contributed by atoms with E-state index in [1.165, 1.54) is 4.68 Å². The second kappa shape index (κ2) is 4.13. The van der Waals surface area contributed by atoms with Crippen molar-refractivity contribution in [2.45, 2.75) is 26.8 Å². The predicted molar refractivity (Wildman–Crippen MR) is 50.3 cm³/mol. The van der Waals surface area contributed by atoms with E-state index in [-0.39, 0.29) is 11.6 Å². The third-order valence-electron chi connectivity index (χ3n) is 1.90. The summed E-state index contributed by atoms with van der Waals surface area (Å²) in [6.45, 7) is 4.65. The SMILES string of the molecule is CC(C)CCn1nc(C(=O)O)cc1O. The van der Waals surface area contributed by atoms with Crippen LogP contribution in [0.2, 0.25) is 0 Å². The van der Waals surface area contributed by atoms with Gasteiger partial charge in [-0.1, -0.05) is 13.8 Å². The molecule has 1 aromatic rings. The largest absolute Gasteiger partial charge is 0.493 e. The Morgan fingerprint density at radius 1 is 1.64 bits per heavy atom. The highest BCUT2D eigenvalue weighted by Gasteiger charge is 2.12. The van der Waals surface area contributed by atoms with E-state index in [2.05, 4.69) is 18.9 Å². The van der Waals surface area contributed by atoms with Crippen molar-refractivity contribution in [1.29, 1.82) is 0 Å². The number of aromatic carboxylic acids is 1. The Hall–Kier alpha value is -1.52. The minimum Gasteiger partial charge on any atom is -0.493 e. The molecule has 0 fully saturated rings. The number of carbonyl (C=O) groups is 1. The van der Waals surface area contributed by atoms with Crippen LogP contribution in [0.15, 0.2) is 6.07 Å². The second-order valence-electron chi connectivity index (χ2n) is 3.60. The first kappa shape index (κ1) is 10.6. The predicted octanol–water partition coefficient (Wildman–Crippen LogP) is 1.33. The third-order valence-corrected chi connectivity index (χ3v) is 1.90. The van der Waals surface area contributed by atoms with Crippen molar-refractivity contribution >= 4 is 5.97 Å². The smallest absolute Gasteiger partial charge is 0.356 e. The summed E-state index contributed by atoms with van der Waals surface area (Å²) < 4.78 is 1.31. The Morgan fingerprint density at radius 2 is 2.29 bits per heavy atom. The maximum atomic E-state index is 10.5. The van der Waals surface area contributed by atoms with Crippen LogP contribution in [-0.2, 0) is 6.54 Å². The summed E-state index contributed by atoms with van der Waals surface area (Å²) in [6.07, 6.45) is 0.855. The maximum Gasteiger partial charge on any atom is 0.356 e. The maximum absolute atomic E-state index is 10.5. The molecule has 0 bridgehead atoms. The van der Waals surface area contributed by atoms with Crippen LogP contribution in [0.3, 0.4) is 0 Å². The number of aromatic hydroxyl groups is 1. The molecule has 0 aliphatic rings. The van der Waals surface area contributed by atoms with Gasteiger partial charge < -0.3 is 10.2 Å². The summed E-state index contributed by atoms with van der Waals surface area (Å²) >= 11 is 0. The summed E-state index contributed by atoms with van der Waals surface area (Å²) in [7, 11) is 0. The highest BCUT2D eigenvalue weighted by Crippen LogP contribution is 2.13. The van der Waals surface area contributed by atoms with Crippen molar-refractivity contribution in [3.05, 3.63) is 11.8 Å². The molecule has 0 aliphatic carbocycles. The van der Waals surface area contributed by atoms with Gasteiger partial charge in [0.25, 0.3) is 0 Å². The Morgan fingerprint density at radius 3 is 2.71 bits per heavy atom. The van der Waals surface area contributed by atoms with Crippen LogP contribution < -0.4 is 0 Å². The Balaban J connectivity index is 2.72. The van der Waals surface area contributed by atoms with Crippen LogP contribution in [-0.4, -0.2) is 26.0 Å². The van der Waals surface area contributed by atoms with Gasteiger partial charge in [0.05, 0.1) is 0 Å². The van der Waals surface area contributed by atoms with E-state index in [4.69, 9.17) is 5.11 Å². The lowest BCUT2D eigenvalue weighted by Crippen LogP contribution is -2.05. The normalized spacial score (nSPS) is 10.8. The highest BCUT2D eigenvalue weighted by molar-refractivity contribution is 5.85. The van der Waals surface area contributed by atoms with E-state index >= 15 is 0 Å². The van der Waals surface area contributed by atoms with E-state index in [1.807, 2.05) is 0 Å². The van der Waals surface area contributed by atoms with Gasteiger partial charge in [-0.05, 0) is 12.3 Å². The molecule has 0 saturated carbocycles. The number of nitrogens with zero attached hydrogens (tertiary/aromatic N) is 2. The standard InChI is InChI=1S/C9H14N2O3/c1-6(2)3-4-11-8(12)5-7(10-11)9(13)14/h5-6,12H,3-4H2,1-2H3,(H,13,14). The van der Waals surface area contributed by atoms with Crippen LogP contribution in [0.25, 0.3) is 0 Å². The summed E-state index contributed by atoms with van der Waals surface area (Å²) in [5, 5.41) is 21.7. The third kappa shape index (κ3) is 2.48. The van der Waals surface area contributed by atoms with Gasteiger partial charge in [-0.2, -0.15) is 5.10 Å². The Kier molecular flexibility index (Phi) is 3.11. The molecule has 1 aromatic heterocycles. The first-order valence-corrected chi connectivity index (χ1v) is 4.51. The van der Waals surface area contributed by atoms with E-state index < -0.39 is 5.97 Å². The van der Waals surface area contributed by atoms with Gasteiger partial charge in [-0.25, -0.2) is 9.48 Å². The van der Waals surface area contributed by atoms with Crippen molar-refractivity contribution in [2.75, 3.05) is 0 Å². The molecule has 0 radical (unpaired) electrons. The molecule has 1 rings (SSSR count). The molecule has 2 N–H and O–H groups in total. The minimum atomic E-state index is -1.12. The van der Waals surface area contributed by atoms with Gasteiger partial charge in [-0.15, -0.1) is 0 Å². The molecule has 0 spiro atoms. The average molecular weight is 198 g/mol. The number of rotatable bonds is 4. The van der Waals surface area contributed by atoms with Gasteiger partial charge in [0.15, 0.2) is 5.69 Å². The summed E-state index contributed by atoms with van der Waals surface area (Å²) in [5.74, 6) is -0.724. The quantitative estimate of drug-likeness (QED) is 0.765. The van der Waals surface area contributed by atoms with Gasteiger partial charge >= 0.3 is 5.97 Å². The van der Waals surface area contributed by atoms with Gasteiger partial charge in [-0.3, -0.25) is 0 Å². The molecule has 0 saturated heterocycles. The van der Waals surface area contributed by atoms with Gasteiger partial charge in [0, 0.05) is 12.6 Å². The Bertz CT molecular complexity index is 331. The van der Waals surface area contributed by atoms with Gasteiger partial charge in [0.1, 0.15) is 0 Å². The topological polar surface area (TPSA) is 75.4 Å².